The summed E-state index contributed by atoms with van der Waals surface area (Å²) in [5.74, 6) is -8.10. The molecule has 28 unspecified atom stereocenters. The highest BCUT2D eigenvalue weighted by Gasteiger charge is 2.63. The second-order valence-electron chi connectivity index (χ2n) is 28.7. The van der Waals surface area contributed by atoms with Gasteiger partial charge in [-0.25, -0.2) is 4.79 Å². The molecule has 36 nitrogen and oxygen atoms in total. The summed E-state index contributed by atoms with van der Waals surface area (Å²) < 4.78 is 93.8. The Kier molecular flexibility index (Phi) is 32.9. The molecule has 5 fully saturated rings. The Hall–Kier alpha value is -5.07. The molecule has 108 heavy (non-hydrogen) atoms. The highest BCUT2D eigenvalue weighted by Crippen LogP contribution is 2.42. The monoisotopic (exact) mass is 1550 g/mol. The van der Waals surface area contributed by atoms with Crippen molar-refractivity contribution in [3.05, 3.63) is 53.0 Å². The number of hydrogen-bond acceptors (Lipinski definition) is 30. The van der Waals surface area contributed by atoms with Gasteiger partial charge in [0.1, 0.15) is 122 Å². The van der Waals surface area contributed by atoms with Crippen LogP contribution in [-0.4, -0.2) is 343 Å². The first-order chi connectivity index (χ1) is 51.3. The molecular formula is C69H110BF2N5O31. The fourth-order valence-corrected chi connectivity index (χ4v) is 14.7. The van der Waals surface area contributed by atoms with Gasteiger partial charge in [0.2, 0.25) is 17.7 Å². The van der Waals surface area contributed by atoms with Gasteiger partial charge in [0.05, 0.1) is 63.9 Å². The molecule has 7 aliphatic heterocycles. The van der Waals surface area contributed by atoms with Crippen LogP contribution in [0.1, 0.15) is 136 Å². The minimum Gasteiger partial charge on any atom is -0.477 e. The molecule has 0 saturated carbocycles. The van der Waals surface area contributed by atoms with E-state index in [4.69, 9.17) is 47.4 Å². The summed E-state index contributed by atoms with van der Waals surface area (Å²) in [6, 6.07) is -3.51. The molecule has 0 radical (unpaired) electrons. The van der Waals surface area contributed by atoms with Gasteiger partial charge in [-0.15, -0.1) is 0 Å². The summed E-state index contributed by atoms with van der Waals surface area (Å²) >= 11 is 0. The van der Waals surface area contributed by atoms with E-state index < -0.39 is 248 Å². The van der Waals surface area contributed by atoms with Crippen LogP contribution in [0.25, 0.3) is 6.08 Å². The zero-order valence-electron chi connectivity index (χ0n) is 60.9. The van der Waals surface area contributed by atoms with Crippen molar-refractivity contribution >= 4 is 42.4 Å². The minimum absolute atomic E-state index is 0.0257. The van der Waals surface area contributed by atoms with Crippen LogP contribution >= 0.6 is 0 Å². The summed E-state index contributed by atoms with van der Waals surface area (Å²) in [4.78, 5) is 53.3. The van der Waals surface area contributed by atoms with Crippen molar-refractivity contribution in [2.75, 3.05) is 39.6 Å². The van der Waals surface area contributed by atoms with Gasteiger partial charge >= 0.3 is 12.9 Å². The van der Waals surface area contributed by atoms with Crippen molar-refractivity contribution in [2.24, 2.45) is 0 Å². The number of nitrogens with one attached hydrogen (secondary N) is 3. The molecule has 8 rings (SSSR count). The third-order valence-electron chi connectivity index (χ3n) is 20.6. The molecule has 20 N–H and O–H groups in total. The van der Waals surface area contributed by atoms with Gasteiger partial charge in [0, 0.05) is 57.0 Å². The number of carboxylic acids is 1. The number of aliphatic hydroxyl groups is 16. The predicted octanol–water partition coefficient (Wildman–Crippen LogP) is -4.86. The van der Waals surface area contributed by atoms with E-state index in [-0.39, 0.29) is 18.5 Å². The second kappa shape index (κ2) is 40.1. The average Bonchev–Trinajstić information content (AvgIpc) is 1.55. The number of aliphatic hydroxyl groups excluding tert-OH is 16. The van der Waals surface area contributed by atoms with Crippen molar-refractivity contribution in [3.8, 4) is 0 Å². The van der Waals surface area contributed by atoms with Crippen LogP contribution in [0, 0.1) is 0 Å². The van der Waals surface area contributed by atoms with E-state index >= 15 is 8.63 Å². The Morgan fingerprint density at radius 3 is 1.82 bits per heavy atom. The van der Waals surface area contributed by atoms with E-state index in [0.29, 0.717) is 29.0 Å². The number of allylic oxidation sites excluding steroid dienone is 3. The van der Waals surface area contributed by atoms with Gasteiger partial charge in [0.15, 0.2) is 30.9 Å². The third-order valence-corrected chi connectivity index (χ3v) is 20.6. The molecule has 1 aromatic heterocycles. The molecule has 614 valence electrons. The van der Waals surface area contributed by atoms with E-state index in [2.05, 4.69) is 22.9 Å². The first-order valence-corrected chi connectivity index (χ1v) is 36.9. The molecule has 1 aromatic rings. The Morgan fingerprint density at radius 2 is 1.21 bits per heavy atom. The van der Waals surface area contributed by atoms with E-state index in [1.54, 1.807) is 38.1 Å². The second-order valence-corrected chi connectivity index (χ2v) is 28.7. The zero-order valence-corrected chi connectivity index (χ0v) is 60.9. The molecule has 8 heterocycles. The zero-order chi connectivity index (χ0) is 79.2. The number of aliphatic carboxylic acids is 1. The lowest BCUT2D eigenvalue weighted by atomic mass is 9.88. The Labute approximate surface area is 622 Å². The number of unbranched alkanes of at least 4 members (excludes halogenated alkanes) is 11. The lowest BCUT2D eigenvalue weighted by Crippen LogP contribution is -2.72. The number of carbonyl (C=O) groups is 4. The number of rotatable bonds is 39. The number of aromatic nitrogens is 1. The summed E-state index contributed by atoms with van der Waals surface area (Å²) in [5.41, 5.74) is 2.01. The van der Waals surface area contributed by atoms with Crippen LogP contribution in [0.3, 0.4) is 0 Å². The molecule has 28 atom stereocenters. The Bertz CT molecular complexity index is 3230. The Balaban J connectivity index is 1.04. The fraction of sp³-hybridized carbons (Fsp3) is 0.783. The molecule has 0 spiro atoms. The summed E-state index contributed by atoms with van der Waals surface area (Å²) in [6.45, 7) is -3.26. The predicted molar refractivity (Wildman–Crippen MR) is 368 cm³/mol. The number of hydrogen-bond donors (Lipinski definition) is 20. The number of amides is 3. The van der Waals surface area contributed by atoms with Gasteiger partial charge in [-0.3, -0.25) is 14.4 Å². The van der Waals surface area contributed by atoms with Crippen molar-refractivity contribution in [3.63, 3.8) is 0 Å². The number of carboxylic acid groups (broad SMARTS) is 1. The minimum atomic E-state index is -4.28. The number of ether oxygens (including phenoxy) is 10. The largest absolute Gasteiger partial charge is 0.737 e. The van der Waals surface area contributed by atoms with Crippen molar-refractivity contribution in [1.82, 2.24) is 20.4 Å². The van der Waals surface area contributed by atoms with E-state index in [1.165, 1.54) is 50.8 Å². The molecule has 0 aliphatic carbocycles. The van der Waals surface area contributed by atoms with Gasteiger partial charge in [-0.2, -0.15) is 0 Å². The first kappa shape index (κ1) is 88.5. The molecule has 5 saturated heterocycles. The summed E-state index contributed by atoms with van der Waals surface area (Å²) in [6.07, 6.45) is -31.7. The standard InChI is InChI=1S/C69H110BF2N5O31/c1-6-7-8-9-10-11-12-13-14-15-16-17-18-19-41(85)39(75-48(88)21-20-37-23-38-24-40-33(2)22-34(3)77(40)70(71,72)76(38)26-37)32-99-65-57(95)55(93)59(46(30-81)102-65)104-67-58(96)63(108-69(68(97)98)25-42(86)49(73-35(4)83)62(107-69)51(89)43(87)27-78)60(47(31-82)103-67)105-64-50(74-36(5)84)61(53(91)45(29-80)100-64)106-66-56(94)54(92)52(90)44(28-79)101-66/h18-19,22-24,26,39,41-47,49-67,78-82,85-87,89-96H,6-17,20-21,25,27-32H2,1-5H3,(H,73,83)(H,74,84)(H,75,88)(H,97,98). The fourth-order valence-electron chi connectivity index (χ4n) is 14.7. The molecule has 0 aromatic carbocycles. The smallest absolute Gasteiger partial charge is 0.477 e. The van der Waals surface area contributed by atoms with Gasteiger partial charge < -0.3 is 168 Å². The van der Waals surface area contributed by atoms with Crippen LogP contribution in [0.4, 0.5) is 8.63 Å². The summed E-state index contributed by atoms with van der Waals surface area (Å²) in [7, 11) is 0. The van der Waals surface area contributed by atoms with E-state index in [0.717, 1.165) is 54.9 Å². The molecular weight excluding hydrogens is 1440 g/mol. The number of fused-ring (bicyclic) bond motifs is 2. The van der Waals surface area contributed by atoms with Crippen molar-refractivity contribution < 1.29 is 166 Å². The van der Waals surface area contributed by atoms with Gasteiger partial charge in [-0.1, -0.05) is 83.3 Å². The van der Waals surface area contributed by atoms with Gasteiger partial charge in [0.25, 0.3) is 5.79 Å². The number of carbonyl (C=O) groups excluding carboxylic acids is 3. The van der Waals surface area contributed by atoms with Gasteiger partial charge in [-0.05, 0) is 44.0 Å². The maximum absolute atomic E-state index is 16.0. The highest BCUT2D eigenvalue weighted by molar-refractivity contribution is 6.58. The molecule has 0 bridgehead atoms. The maximum Gasteiger partial charge on any atom is 0.737 e. The molecule has 3 amide bonds. The third kappa shape index (κ3) is 21.0. The van der Waals surface area contributed by atoms with Crippen LogP contribution in [-0.2, 0) is 73.0 Å². The number of halogens is 2. The van der Waals surface area contributed by atoms with E-state index in [9.17, 15) is 106 Å². The SMILES string of the molecule is CCCCCCCCCCCCCC=CC(O)C(COC1OC(CO)C(OC2OC(CO)C(OC3OC(CO)C(O)C(OC4OC(CO)C(O)C(O)C4O)C3NC(C)=O)C(OC3(C(=O)O)CC(O)C(NC(C)=O)C(C(O)C(O)CO)O3)C2O)C(O)C1O)NC(=O)CCc1cc2n(c1)[B-](F)(F)[N+]1=C(C)C=C(C)C1=C2. The summed E-state index contributed by atoms with van der Waals surface area (Å²) in [5, 5.41) is 197. The number of nitrogens with zero attached hydrogens (tertiary/aromatic N) is 2. The quantitative estimate of drug-likeness (QED) is 0.0167. The lowest BCUT2D eigenvalue weighted by Gasteiger charge is -2.52. The van der Waals surface area contributed by atoms with Crippen LogP contribution < -0.4 is 16.0 Å². The van der Waals surface area contributed by atoms with Crippen molar-refractivity contribution in [1.29, 1.82) is 0 Å². The average molecular weight is 1550 g/mol. The lowest BCUT2D eigenvalue weighted by molar-refractivity contribution is -0.403. The maximum atomic E-state index is 16.0. The molecule has 7 aliphatic rings. The normalized spacial score (nSPS) is 36.0. The highest BCUT2D eigenvalue weighted by atomic mass is 19.2. The van der Waals surface area contributed by atoms with E-state index in [1.807, 2.05) is 0 Å². The van der Waals surface area contributed by atoms with Crippen LogP contribution in [0.5, 0.6) is 0 Å². The van der Waals surface area contributed by atoms with Crippen LogP contribution in [0.2, 0.25) is 0 Å². The Morgan fingerprint density at radius 1 is 0.667 bits per heavy atom. The first-order valence-electron chi connectivity index (χ1n) is 36.9. The number of aryl methyl sites for hydroxylation is 1. The molecule has 39 heteroatoms. The van der Waals surface area contributed by atoms with Crippen LogP contribution in [0.15, 0.2) is 41.8 Å². The topological polar surface area (TPSA) is 549 Å². The van der Waals surface area contributed by atoms with Crippen molar-refractivity contribution in [2.45, 2.75) is 302 Å².